The number of halogens is 1. The number of benzene rings is 3. The molecule has 5 heteroatoms. The van der Waals surface area contributed by atoms with Crippen LogP contribution < -0.4 is 5.46 Å². The lowest BCUT2D eigenvalue weighted by Gasteiger charge is -2.37. The summed E-state index contributed by atoms with van der Waals surface area (Å²) < 4.78 is 8.50. The summed E-state index contributed by atoms with van der Waals surface area (Å²) >= 11 is 8.33. The molecule has 0 aliphatic rings. The Bertz CT molecular complexity index is 1160. The zero-order chi connectivity index (χ0) is 19.4. The Morgan fingerprint density at radius 2 is 1.70 bits per heavy atom. The van der Waals surface area contributed by atoms with E-state index in [0.29, 0.717) is 12.5 Å². The smallest absolute Gasteiger partial charge is 0.310 e. The Morgan fingerprint density at radius 3 is 2.44 bits per heavy atom. The van der Waals surface area contributed by atoms with Gasteiger partial charge in [0.05, 0.1) is 11.2 Å². The van der Waals surface area contributed by atoms with E-state index in [1.807, 2.05) is 19.9 Å². The van der Waals surface area contributed by atoms with Crippen LogP contribution in [-0.2, 0) is 4.65 Å². The topological polar surface area (TPSA) is 29.5 Å². The maximum atomic E-state index is 10.3. The monoisotopic (exact) mass is 396 g/mol. The third kappa shape index (κ3) is 3.25. The van der Waals surface area contributed by atoms with E-state index < -0.39 is 11.2 Å². The molecule has 0 amide bonds. The van der Waals surface area contributed by atoms with Crippen molar-refractivity contribution in [3.05, 3.63) is 53.6 Å². The fraction of sp³-hybridized carbons (Fsp3) is 0.273. The van der Waals surface area contributed by atoms with Crippen LogP contribution in [-0.4, -0.2) is 23.8 Å². The van der Waals surface area contributed by atoms with Gasteiger partial charge in [-0.1, -0.05) is 54.1 Å². The van der Waals surface area contributed by atoms with Crippen LogP contribution in [0.25, 0.3) is 30.9 Å². The van der Waals surface area contributed by atoms with Crippen LogP contribution >= 0.6 is 22.9 Å². The van der Waals surface area contributed by atoms with Crippen LogP contribution in [0.15, 0.2) is 48.5 Å². The maximum absolute atomic E-state index is 10.3. The average Bonchev–Trinajstić information content (AvgIpc) is 2.96. The Kier molecular flexibility index (Phi) is 4.51. The molecular weight excluding hydrogens is 375 g/mol. The third-order valence-corrected chi connectivity index (χ3v) is 7.15. The first-order chi connectivity index (χ1) is 12.7. The summed E-state index contributed by atoms with van der Waals surface area (Å²) in [5, 5.41) is 16.0. The van der Waals surface area contributed by atoms with Crippen molar-refractivity contribution in [2.75, 3.05) is 0 Å². The molecule has 0 aliphatic carbocycles. The Hall–Kier alpha value is -1.59. The van der Waals surface area contributed by atoms with E-state index in [9.17, 15) is 5.11 Å². The number of rotatable bonds is 4. The summed E-state index contributed by atoms with van der Waals surface area (Å²) in [5.41, 5.74) is -0.690. The zero-order valence-electron chi connectivity index (χ0n) is 16.0. The molecule has 1 N–H and O–H groups in total. The van der Waals surface area contributed by atoms with Crippen LogP contribution in [0.1, 0.15) is 27.7 Å². The molecule has 4 rings (SSSR count). The van der Waals surface area contributed by atoms with Crippen molar-refractivity contribution in [1.82, 2.24) is 0 Å². The highest BCUT2D eigenvalue weighted by molar-refractivity contribution is 7.26. The largest absolute Gasteiger partial charge is 0.427 e. The van der Waals surface area contributed by atoms with Gasteiger partial charge in [0, 0.05) is 19.8 Å². The number of aliphatic hydroxyl groups is 1. The minimum Gasteiger partial charge on any atom is -0.427 e. The maximum Gasteiger partial charge on any atom is 0.310 e. The lowest BCUT2D eigenvalue weighted by Crippen LogP contribution is -2.49. The molecule has 0 bridgehead atoms. The average molecular weight is 397 g/mol. The van der Waals surface area contributed by atoms with Gasteiger partial charge in [-0.3, -0.25) is 0 Å². The number of fused-ring (bicyclic) bond motifs is 5. The van der Waals surface area contributed by atoms with Crippen molar-refractivity contribution >= 4 is 66.8 Å². The van der Waals surface area contributed by atoms with Crippen LogP contribution in [0.4, 0.5) is 0 Å². The summed E-state index contributed by atoms with van der Waals surface area (Å²) in [4.78, 5) is 0. The van der Waals surface area contributed by atoms with Gasteiger partial charge >= 0.3 is 7.48 Å². The molecule has 2 nitrogen and oxygen atoms in total. The van der Waals surface area contributed by atoms with Gasteiger partial charge in [0.15, 0.2) is 0 Å². The fourth-order valence-electron chi connectivity index (χ4n) is 3.12. The molecule has 0 atom stereocenters. The number of hydrogen-bond acceptors (Lipinski definition) is 3. The van der Waals surface area contributed by atoms with E-state index in [0.717, 1.165) is 5.46 Å². The molecule has 3 aromatic carbocycles. The second-order valence-corrected chi connectivity index (χ2v) is 9.52. The van der Waals surface area contributed by atoms with Gasteiger partial charge in [0.25, 0.3) is 0 Å². The Morgan fingerprint density at radius 1 is 0.963 bits per heavy atom. The molecule has 0 fully saturated rings. The van der Waals surface area contributed by atoms with E-state index in [1.165, 1.54) is 30.9 Å². The van der Waals surface area contributed by atoms with Crippen LogP contribution in [0, 0.1) is 0 Å². The van der Waals surface area contributed by atoms with E-state index in [-0.39, 0.29) is 0 Å². The zero-order valence-corrected chi connectivity index (χ0v) is 17.5. The second-order valence-electron chi connectivity index (χ2n) is 8.06. The van der Waals surface area contributed by atoms with Gasteiger partial charge in [-0.25, -0.2) is 0 Å². The van der Waals surface area contributed by atoms with Crippen LogP contribution in [0.5, 0.6) is 0 Å². The highest BCUT2D eigenvalue weighted by atomic mass is 35.5. The van der Waals surface area contributed by atoms with Crippen molar-refractivity contribution in [3.63, 3.8) is 0 Å². The van der Waals surface area contributed by atoms with Crippen molar-refractivity contribution in [2.24, 2.45) is 0 Å². The molecule has 138 valence electrons. The molecule has 1 aromatic heterocycles. The number of hydrogen-bond donors (Lipinski definition) is 1. The lowest BCUT2D eigenvalue weighted by atomic mass is 9.82. The fourth-order valence-corrected chi connectivity index (χ4v) is 4.66. The minimum atomic E-state index is -0.947. The van der Waals surface area contributed by atoms with Crippen LogP contribution in [0.3, 0.4) is 0 Å². The van der Waals surface area contributed by atoms with Gasteiger partial charge in [0.2, 0.25) is 0 Å². The Labute approximate surface area is 169 Å². The first kappa shape index (κ1) is 18.8. The number of thiophene rings is 1. The predicted octanol–water partition coefficient (Wildman–Crippen LogP) is 5.40. The minimum absolute atomic E-state index is 0.358. The quantitative estimate of drug-likeness (QED) is 0.468. The summed E-state index contributed by atoms with van der Waals surface area (Å²) in [6.45, 7) is 7.31. The molecule has 0 spiro atoms. The van der Waals surface area contributed by atoms with Gasteiger partial charge in [0.1, 0.15) is 0 Å². The molecule has 0 saturated heterocycles. The van der Waals surface area contributed by atoms with E-state index in [1.54, 1.807) is 25.2 Å². The molecule has 0 aliphatic heterocycles. The van der Waals surface area contributed by atoms with Crippen LogP contribution in [0.2, 0.25) is 5.02 Å². The van der Waals surface area contributed by atoms with Gasteiger partial charge in [-0.15, -0.1) is 11.3 Å². The van der Waals surface area contributed by atoms with Gasteiger partial charge in [-0.05, 0) is 55.4 Å². The van der Waals surface area contributed by atoms with Gasteiger partial charge < -0.3 is 9.76 Å². The van der Waals surface area contributed by atoms with Crippen molar-refractivity contribution < 1.29 is 9.76 Å². The van der Waals surface area contributed by atoms with Crippen molar-refractivity contribution in [1.29, 1.82) is 0 Å². The summed E-state index contributed by atoms with van der Waals surface area (Å²) in [7, 11) is 0.358. The second kappa shape index (κ2) is 6.49. The molecule has 1 heterocycles. The lowest BCUT2D eigenvalue weighted by molar-refractivity contribution is -0.0893. The molecule has 0 unspecified atom stereocenters. The van der Waals surface area contributed by atoms with E-state index >= 15 is 0 Å². The molecular formula is C22H22BClO2S. The first-order valence-corrected chi connectivity index (χ1v) is 10.3. The van der Waals surface area contributed by atoms with E-state index in [4.69, 9.17) is 16.3 Å². The van der Waals surface area contributed by atoms with E-state index in [2.05, 4.69) is 42.5 Å². The standard InChI is InChI=1S/C22H22BClO2S/c1-21(2,25)22(3,4)26-23-17-11-16-15-10-9-13-7-5-6-8-14(13)20(15)27-19(16)12-18(17)24/h5-12,23,25H,1-4H3. The summed E-state index contributed by atoms with van der Waals surface area (Å²) in [5.74, 6) is 0. The van der Waals surface area contributed by atoms with Crippen molar-refractivity contribution in [3.8, 4) is 0 Å². The first-order valence-electron chi connectivity index (χ1n) is 9.06. The molecule has 4 aromatic rings. The summed E-state index contributed by atoms with van der Waals surface area (Å²) in [6, 6.07) is 17.0. The molecule has 0 saturated carbocycles. The van der Waals surface area contributed by atoms with Gasteiger partial charge in [-0.2, -0.15) is 0 Å². The summed E-state index contributed by atoms with van der Waals surface area (Å²) in [6.07, 6.45) is 0. The SMILES string of the molecule is CC(C)(O)C(C)(C)OBc1cc2c(cc1Cl)sc1c3ccccc3ccc21. The highest BCUT2D eigenvalue weighted by Crippen LogP contribution is 2.38. The normalized spacial score (nSPS) is 13.0. The van der Waals surface area contributed by atoms with Crippen molar-refractivity contribution in [2.45, 2.75) is 38.9 Å². The highest BCUT2D eigenvalue weighted by Gasteiger charge is 2.35. The Balaban J connectivity index is 1.81. The third-order valence-electron chi connectivity index (χ3n) is 5.59. The molecule has 27 heavy (non-hydrogen) atoms. The predicted molar refractivity (Wildman–Crippen MR) is 120 cm³/mol. The molecule has 0 radical (unpaired) electrons.